The molecule has 0 fully saturated rings. The molecule has 5 nitrogen and oxygen atoms in total. The van der Waals surface area contributed by atoms with Crippen molar-refractivity contribution in [3.63, 3.8) is 0 Å². The minimum atomic E-state index is -1.60. The number of benzene rings is 1. The SMILES string of the molecule is COc1cc(CCO)c(B(O)O)cc1OC. The molecule has 88 valence electrons. The van der Waals surface area contributed by atoms with E-state index in [0.717, 1.165) is 0 Å². The third-order valence-electron chi connectivity index (χ3n) is 2.30. The van der Waals surface area contributed by atoms with Crippen LogP contribution in [0.1, 0.15) is 5.56 Å². The van der Waals surface area contributed by atoms with Crippen molar-refractivity contribution in [1.82, 2.24) is 0 Å². The number of rotatable bonds is 5. The van der Waals surface area contributed by atoms with Crippen LogP contribution in [0.2, 0.25) is 0 Å². The number of hydrogen-bond acceptors (Lipinski definition) is 5. The van der Waals surface area contributed by atoms with Gasteiger partial charge in [0.15, 0.2) is 11.5 Å². The quantitative estimate of drug-likeness (QED) is 0.556. The van der Waals surface area contributed by atoms with Gasteiger partial charge < -0.3 is 24.6 Å². The molecule has 0 aromatic heterocycles. The second-order valence-electron chi connectivity index (χ2n) is 3.25. The molecule has 0 atom stereocenters. The van der Waals surface area contributed by atoms with Crippen LogP contribution in [0.4, 0.5) is 0 Å². The third kappa shape index (κ3) is 2.66. The van der Waals surface area contributed by atoms with Crippen LogP contribution in [0.15, 0.2) is 12.1 Å². The fraction of sp³-hybridized carbons (Fsp3) is 0.400. The molecule has 0 aliphatic carbocycles. The molecular formula is C10H15BO5. The van der Waals surface area contributed by atoms with Gasteiger partial charge in [-0.1, -0.05) is 0 Å². The molecule has 1 aromatic rings. The Kier molecular flexibility index (Phi) is 4.60. The van der Waals surface area contributed by atoms with Gasteiger partial charge in [0.05, 0.1) is 14.2 Å². The van der Waals surface area contributed by atoms with Crippen molar-refractivity contribution in [3.8, 4) is 11.5 Å². The summed E-state index contributed by atoms with van der Waals surface area (Å²) >= 11 is 0. The summed E-state index contributed by atoms with van der Waals surface area (Å²) in [5.74, 6) is 0.919. The lowest BCUT2D eigenvalue weighted by atomic mass is 9.76. The molecule has 16 heavy (non-hydrogen) atoms. The van der Waals surface area contributed by atoms with E-state index in [4.69, 9.17) is 14.6 Å². The summed E-state index contributed by atoms with van der Waals surface area (Å²) in [5.41, 5.74) is 0.932. The van der Waals surface area contributed by atoms with Crippen molar-refractivity contribution in [2.45, 2.75) is 6.42 Å². The second-order valence-corrected chi connectivity index (χ2v) is 3.25. The van der Waals surface area contributed by atoms with Gasteiger partial charge in [-0.3, -0.25) is 0 Å². The van der Waals surface area contributed by atoms with Crippen LogP contribution in [-0.4, -0.2) is 43.1 Å². The van der Waals surface area contributed by atoms with Gasteiger partial charge in [0.2, 0.25) is 0 Å². The zero-order chi connectivity index (χ0) is 12.1. The average Bonchev–Trinajstić information content (AvgIpc) is 2.28. The van der Waals surface area contributed by atoms with Gasteiger partial charge in [0.1, 0.15) is 0 Å². The zero-order valence-corrected chi connectivity index (χ0v) is 9.30. The largest absolute Gasteiger partial charge is 0.493 e. The number of aliphatic hydroxyl groups excluding tert-OH is 1. The summed E-state index contributed by atoms with van der Waals surface area (Å²) in [4.78, 5) is 0. The van der Waals surface area contributed by atoms with Crippen LogP contribution in [-0.2, 0) is 6.42 Å². The minimum absolute atomic E-state index is 0.0742. The van der Waals surface area contributed by atoms with E-state index < -0.39 is 7.12 Å². The van der Waals surface area contributed by atoms with E-state index in [9.17, 15) is 10.0 Å². The Balaban J connectivity index is 3.23. The predicted molar refractivity (Wildman–Crippen MR) is 60.2 cm³/mol. The van der Waals surface area contributed by atoms with Crippen molar-refractivity contribution < 1.29 is 24.6 Å². The zero-order valence-electron chi connectivity index (χ0n) is 9.30. The Bertz CT molecular complexity index is 353. The molecule has 0 heterocycles. The summed E-state index contributed by atoms with van der Waals surface area (Å²) in [6.07, 6.45) is 0.327. The van der Waals surface area contributed by atoms with Crippen molar-refractivity contribution in [1.29, 1.82) is 0 Å². The monoisotopic (exact) mass is 226 g/mol. The molecule has 0 amide bonds. The Morgan fingerprint density at radius 3 is 2.12 bits per heavy atom. The molecule has 0 saturated carbocycles. The average molecular weight is 226 g/mol. The maximum atomic E-state index is 9.19. The van der Waals surface area contributed by atoms with Crippen molar-refractivity contribution in [2.24, 2.45) is 0 Å². The normalized spacial score (nSPS) is 10.1. The Morgan fingerprint density at radius 2 is 1.69 bits per heavy atom. The van der Waals surface area contributed by atoms with Crippen molar-refractivity contribution in [3.05, 3.63) is 17.7 Å². The molecule has 0 saturated heterocycles. The molecular weight excluding hydrogens is 211 g/mol. The highest BCUT2D eigenvalue weighted by Crippen LogP contribution is 2.26. The van der Waals surface area contributed by atoms with Crippen LogP contribution in [0.5, 0.6) is 11.5 Å². The molecule has 0 aliphatic heterocycles. The molecule has 0 radical (unpaired) electrons. The smallest absolute Gasteiger partial charge is 0.488 e. The van der Waals surface area contributed by atoms with Crippen LogP contribution < -0.4 is 14.9 Å². The molecule has 0 aliphatic rings. The lowest BCUT2D eigenvalue weighted by Gasteiger charge is -2.13. The van der Waals surface area contributed by atoms with Gasteiger partial charge in [-0.2, -0.15) is 0 Å². The van der Waals surface area contributed by atoms with Gasteiger partial charge in [0, 0.05) is 6.61 Å². The van der Waals surface area contributed by atoms with E-state index in [-0.39, 0.29) is 6.61 Å². The van der Waals surface area contributed by atoms with E-state index in [1.54, 1.807) is 6.07 Å². The summed E-state index contributed by atoms with van der Waals surface area (Å²) in [5, 5.41) is 27.3. The number of ether oxygens (including phenoxy) is 2. The molecule has 1 rings (SSSR count). The van der Waals surface area contributed by atoms with E-state index in [0.29, 0.717) is 28.9 Å². The van der Waals surface area contributed by atoms with E-state index in [1.165, 1.54) is 20.3 Å². The molecule has 6 heteroatoms. The van der Waals surface area contributed by atoms with Gasteiger partial charge in [0.25, 0.3) is 0 Å². The summed E-state index contributed by atoms with van der Waals surface area (Å²) < 4.78 is 10.1. The van der Waals surface area contributed by atoms with Crippen molar-refractivity contribution >= 4 is 12.6 Å². The number of methoxy groups -OCH3 is 2. The molecule has 3 N–H and O–H groups in total. The van der Waals surface area contributed by atoms with Crippen LogP contribution in [0, 0.1) is 0 Å². The number of aliphatic hydroxyl groups is 1. The summed E-state index contributed by atoms with van der Waals surface area (Å²) in [6, 6.07) is 3.12. The first-order chi connectivity index (χ1) is 7.63. The Labute approximate surface area is 94.4 Å². The van der Waals surface area contributed by atoms with E-state index in [1.807, 2.05) is 0 Å². The standard InChI is InChI=1S/C10H15BO5/c1-15-9-5-7(3-4-12)8(11(13)14)6-10(9)16-2/h5-6,12-14H,3-4H2,1-2H3. The third-order valence-corrected chi connectivity index (χ3v) is 2.30. The summed E-state index contributed by atoms with van der Waals surface area (Å²) in [7, 11) is 1.37. The first kappa shape index (κ1) is 12.8. The van der Waals surface area contributed by atoms with Crippen molar-refractivity contribution in [2.75, 3.05) is 20.8 Å². The molecule has 0 spiro atoms. The van der Waals surface area contributed by atoms with Crippen LogP contribution >= 0.6 is 0 Å². The fourth-order valence-corrected chi connectivity index (χ4v) is 1.51. The minimum Gasteiger partial charge on any atom is -0.493 e. The predicted octanol–water partition coefficient (Wildman–Crippen LogP) is -1.08. The van der Waals surface area contributed by atoms with E-state index >= 15 is 0 Å². The first-order valence-electron chi connectivity index (χ1n) is 4.85. The number of hydrogen-bond donors (Lipinski definition) is 3. The lowest BCUT2D eigenvalue weighted by Crippen LogP contribution is -2.33. The highest BCUT2D eigenvalue weighted by atomic mass is 16.5. The summed E-state index contributed by atoms with van der Waals surface area (Å²) in [6.45, 7) is -0.0742. The Hall–Kier alpha value is -1.24. The molecule has 0 bridgehead atoms. The van der Waals surface area contributed by atoms with Gasteiger partial charge in [-0.05, 0) is 29.6 Å². The van der Waals surface area contributed by atoms with Crippen LogP contribution in [0.25, 0.3) is 0 Å². The van der Waals surface area contributed by atoms with Crippen LogP contribution in [0.3, 0.4) is 0 Å². The second kappa shape index (κ2) is 5.74. The van der Waals surface area contributed by atoms with Gasteiger partial charge in [-0.25, -0.2) is 0 Å². The maximum Gasteiger partial charge on any atom is 0.488 e. The lowest BCUT2D eigenvalue weighted by molar-refractivity contribution is 0.299. The molecule has 0 unspecified atom stereocenters. The molecule has 1 aromatic carbocycles. The van der Waals surface area contributed by atoms with E-state index in [2.05, 4.69) is 0 Å². The maximum absolute atomic E-state index is 9.19. The topological polar surface area (TPSA) is 79.2 Å². The van der Waals surface area contributed by atoms with Gasteiger partial charge in [-0.15, -0.1) is 0 Å². The highest BCUT2D eigenvalue weighted by molar-refractivity contribution is 6.59. The van der Waals surface area contributed by atoms with Gasteiger partial charge >= 0.3 is 7.12 Å². The highest BCUT2D eigenvalue weighted by Gasteiger charge is 2.19. The first-order valence-corrected chi connectivity index (χ1v) is 4.85. The fourth-order valence-electron chi connectivity index (χ4n) is 1.51. The Morgan fingerprint density at radius 1 is 1.12 bits per heavy atom.